The molecule has 0 aliphatic heterocycles. The van der Waals surface area contributed by atoms with Crippen LogP contribution in [0.1, 0.15) is 39.0 Å². The molecule has 0 heterocycles. The van der Waals surface area contributed by atoms with E-state index in [4.69, 9.17) is 10.5 Å². The molecule has 3 unspecified atom stereocenters. The molecule has 4 fully saturated rings. The van der Waals surface area contributed by atoms with Crippen LogP contribution in [0.2, 0.25) is 0 Å². The molecule has 4 aliphatic carbocycles. The quantitative estimate of drug-likeness (QED) is 0.550. The summed E-state index contributed by atoms with van der Waals surface area (Å²) in [4.78, 5) is 23.2. The normalized spacial score (nSPS) is 46.9. The van der Waals surface area contributed by atoms with Crippen LogP contribution in [0.4, 0.5) is 0 Å². The highest BCUT2D eigenvalue weighted by molar-refractivity contribution is 5.88. The number of carbonyl (C=O) groups is 2. The Balaban J connectivity index is 1.90. The summed E-state index contributed by atoms with van der Waals surface area (Å²) in [7, 11) is 0. The molecule has 4 aliphatic rings. The van der Waals surface area contributed by atoms with Crippen molar-refractivity contribution in [3.8, 4) is 0 Å². The molecule has 0 amide bonds. The van der Waals surface area contributed by atoms with Crippen LogP contribution in [0.3, 0.4) is 0 Å². The van der Waals surface area contributed by atoms with E-state index in [2.05, 4.69) is 0 Å². The third kappa shape index (κ3) is 1.53. The van der Waals surface area contributed by atoms with Crippen molar-refractivity contribution in [1.29, 1.82) is 0 Å². The first-order chi connectivity index (χ1) is 8.01. The van der Waals surface area contributed by atoms with Crippen LogP contribution in [-0.4, -0.2) is 18.0 Å². The fourth-order valence-electron chi connectivity index (χ4n) is 4.61. The summed E-state index contributed by atoms with van der Waals surface area (Å²) in [5, 5.41) is 0. The van der Waals surface area contributed by atoms with E-state index in [1.165, 1.54) is 13.3 Å². The standard InChI is InChI=1S/C13H19NO3/c1-7(15)17-12(16)13-5-8-2-9(6-13)4-10(3-8)11(13)14/h8-11H,2-6,14H2,1H3. The Morgan fingerprint density at radius 1 is 1.18 bits per heavy atom. The van der Waals surface area contributed by atoms with E-state index in [9.17, 15) is 9.59 Å². The Labute approximate surface area is 101 Å². The monoisotopic (exact) mass is 237 g/mol. The molecule has 4 rings (SSSR count). The van der Waals surface area contributed by atoms with Gasteiger partial charge in [-0.3, -0.25) is 9.59 Å². The van der Waals surface area contributed by atoms with Crippen molar-refractivity contribution in [3.63, 3.8) is 0 Å². The van der Waals surface area contributed by atoms with E-state index in [0.717, 1.165) is 25.7 Å². The van der Waals surface area contributed by atoms with Gasteiger partial charge in [0.1, 0.15) is 0 Å². The summed E-state index contributed by atoms with van der Waals surface area (Å²) in [6.45, 7) is 1.28. The molecule has 3 atom stereocenters. The number of ether oxygens (including phenoxy) is 1. The van der Waals surface area contributed by atoms with Gasteiger partial charge in [0.25, 0.3) is 0 Å². The Morgan fingerprint density at radius 2 is 1.76 bits per heavy atom. The van der Waals surface area contributed by atoms with Crippen LogP contribution < -0.4 is 5.73 Å². The van der Waals surface area contributed by atoms with Crippen LogP contribution in [0.25, 0.3) is 0 Å². The molecular weight excluding hydrogens is 218 g/mol. The summed E-state index contributed by atoms with van der Waals surface area (Å²) in [6, 6.07) is -0.109. The Morgan fingerprint density at radius 3 is 2.29 bits per heavy atom. The van der Waals surface area contributed by atoms with Crippen molar-refractivity contribution in [1.82, 2.24) is 0 Å². The summed E-state index contributed by atoms with van der Waals surface area (Å²) < 4.78 is 4.85. The zero-order valence-corrected chi connectivity index (χ0v) is 10.1. The van der Waals surface area contributed by atoms with Crippen molar-refractivity contribution in [2.45, 2.75) is 45.1 Å². The van der Waals surface area contributed by atoms with Gasteiger partial charge in [0.2, 0.25) is 0 Å². The predicted octanol–water partition coefficient (Wildman–Crippen LogP) is 1.23. The molecule has 4 nitrogen and oxygen atoms in total. The third-order valence-corrected chi connectivity index (χ3v) is 5.03. The molecule has 0 radical (unpaired) electrons. The molecule has 94 valence electrons. The maximum atomic E-state index is 12.2. The molecule has 17 heavy (non-hydrogen) atoms. The van der Waals surface area contributed by atoms with Crippen molar-refractivity contribution in [2.75, 3.05) is 0 Å². The molecular formula is C13H19NO3. The topological polar surface area (TPSA) is 69.4 Å². The van der Waals surface area contributed by atoms with Gasteiger partial charge in [-0.2, -0.15) is 0 Å². The lowest BCUT2D eigenvalue weighted by Gasteiger charge is -2.58. The minimum atomic E-state index is -0.555. The van der Waals surface area contributed by atoms with Crippen LogP contribution in [0, 0.1) is 23.2 Å². The van der Waals surface area contributed by atoms with Gasteiger partial charge in [0.05, 0.1) is 5.41 Å². The van der Waals surface area contributed by atoms with E-state index >= 15 is 0 Å². The number of esters is 2. The van der Waals surface area contributed by atoms with Crippen molar-refractivity contribution < 1.29 is 14.3 Å². The first kappa shape index (κ1) is 11.2. The lowest BCUT2D eigenvalue weighted by Crippen LogP contribution is -2.63. The maximum Gasteiger partial charge on any atom is 0.321 e. The van der Waals surface area contributed by atoms with E-state index in [0.29, 0.717) is 17.8 Å². The second kappa shape index (κ2) is 3.55. The van der Waals surface area contributed by atoms with Gasteiger partial charge in [-0.25, -0.2) is 0 Å². The number of hydrogen-bond donors (Lipinski definition) is 1. The van der Waals surface area contributed by atoms with E-state index in [-0.39, 0.29) is 12.0 Å². The highest BCUT2D eigenvalue weighted by Crippen LogP contribution is 2.59. The smallest absolute Gasteiger partial charge is 0.321 e. The summed E-state index contributed by atoms with van der Waals surface area (Å²) in [5.74, 6) is 0.814. The Kier molecular flexibility index (Phi) is 2.34. The number of rotatable bonds is 1. The van der Waals surface area contributed by atoms with Gasteiger partial charge >= 0.3 is 11.9 Å². The second-order valence-corrected chi connectivity index (χ2v) is 6.17. The maximum absolute atomic E-state index is 12.2. The number of nitrogens with two attached hydrogens (primary N) is 1. The zero-order chi connectivity index (χ0) is 12.2. The average molecular weight is 237 g/mol. The van der Waals surface area contributed by atoms with Crippen LogP contribution in [-0.2, 0) is 14.3 Å². The lowest BCUT2D eigenvalue weighted by molar-refractivity contribution is -0.180. The van der Waals surface area contributed by atoms with Crippen molar-refractivity contribution in [3.05, 3.63) is 0 Å². The summed E-state index contributed by atoms with van der Waals surface area (Å²) >= 11 is 0. The molecule has 0 saturated heterocycles. The van der Waals surface area contributed by atoms with Crippen LogP contribution in [0.5, 0.6) is 0 Å². The van der Waals surface area contributed by atoms with Crippen molar-refractivity contribution >= 4 is 11.9 Å². The van der Waals surface area contributed by atoms with Gasteiger partial charge in [0.15, 0.2) is 0 Å². The first-order valence-electron chi connectivity index (χ1n) is 6.49. The average Bonchev–Trinajstić information content (AvgIpc) is 2.23. The first-order valence-corrected chi connectivity index (χ1v) is 6.49. The highest BCUT2D eigenvalue weighted by atomic mass is 16.6. The molecule has 0 aromatic heterocycles. The fraction of sp³-hybridized carbons (Fsp3) is 0.846. The molecule has 2 N–H and O–H groups in total. The molecule has 0 spiro atoms. The van der Waals surface area contributed by atoms with E-state index in [1.54, 1.807) is 0 Å². The zero-order valence-electron chi connectivity index (χ0n) is 10.1. The Hall–Kier alpha value is -0.900. The second-order valence-electron chi connectivity index (χ2n) is 6.17. The minimum absolute atomic E-state index is 0.109. The molecule has 0 aromatic carbocycles. The van der Waals surface area contributed by atoms with Crippen molar-refractivity contribution in [2.24, 2.45) is 28.9 Å². The predicted molar refractivity (Wildman–Crippen MR) is 60.7 cm³/mol. The van der Waals surface area contributed by atoms with Crippen LogP contribution >= 0.6 is 0 Å². The largest absolute Gasteiger partial charge is 0.393 e. The number of carbonyl (C=O) groups excluding carboxylic acids is 2. The fourth-order valence-corrected chi connectivity index (χ4v) is 4.61. The number of hydrogen-bond acceptors (Lipinski definition) is 4. The highest BCUT2D eigenvalue weighted by Gasteiger charge is 2.60. The van der Waals surface area contributed by atoms with Gasteiger partial charge in [-0.05, 0) is 49.9 Å². The molecule has 4 heteroatoms. The van der Waals surface area contributed by atoms with Gasteiger partial charge in [-0.1, -0.05) is 0 Å². The van der Waals surface area contributed by atoms with E-state index < -0.39 is 11.4 Å². The lowest BCUT2D eigenvalue weighted by atomic mass is 9.47. The Bertz CT molecular complexity index is 365. The van der Waals surface area contributed by atoms with Crippen LogP contribution in [0.15, 0.2) is 0 Å². The molecule has 0 aromatic rings. The van der Waals surface area contributed by atoms with E-state index in [1.807, 2.05) is 0 Å². The van der Waals surface area contributed by atoms with Gasteiger partial charge < -0.3 is 10.5 Å². The molecule has 4 bridgehead atoms. The van der Waals surface area contributed by atoms with Gasteiger partial charge in [-0.15, -0.1) is 0 Å². The molecule has 4 saturated carbocycles. The SMILES string of the molecule is CC(=O)OC(=O)C12CC3CC(CC(C3)C1N)C2. The summed E-state index contributed by atoms with van der Waals surface area (Å²) in [5.41, 5.74) is 5.71. The minimum Gasteiger partial charge on any atom is -0.393 e. The van der Waals surface area contributed by atoms with Gasteiger partial charge in [0, 0.05) is 13.0 Å². The third-order valence-electron chi connectivity index (χ3n) is 5.03. The summed E-state index contributed by atoms with van der Waals surface area (Å²) in [6.07, 6.45) is 5.21.